The van der Waals surface area contributed by atoms with Crippen LogP contribution in [0.3, 0.4) is 0 Å². The second kappa shape index (κ2) is 6.32. The van der Waals surface area contributed by atoms with E-state index in [0.717, 1.165) is 27.7 Å². The fraction of sp³-hybridized carbons (Fsp3) is 0.200. The summed E-state index contributed by atoms with van der Waals surface area (Å²) in [6.45, 7) is 5.55. The first-order valence-corrected chi connectivity index (χ1v) is 7.73. The van der Waals surface area contributed by atoms with Crippen LogP contribution < -0.4 is 4.74 Å². The first-order valence-electron chi connectivity index (χ1n) is 7.73. The predicted octanol–water partition coefficient (Wildman–Crippen LogP) is 4.40. The number of hydrogen-bond acceptors (Lipinski definition) is 4. The van der Waals surface area contributed by atoms with Gasteiger partial charge < -0.3 is 9.15 Å². The molecule has 4 nitrogen and oxygen atoms in total. The summed E-state index contributed by atoms with van der Waals surface area (Å²) in [4.78, 5) is 23.4. The third-order valence-corrected chi connectivity index (χ3v) is 4.10. The van der Waals surface area contributed by atoms with Gasteiger partial charge in [-0.2, -0.15) is 0 Å². The van der Waals surface area contributed by atoms with E-state index >= 15 is 0 Å². The van der Waals surface area contributed by atoms with Crippen LogP contribution in [0.2, 0.25) is 0 Å². The minimum atomic E-state index is -0.369. The zero-order valence-corrected chi connectivity index (χ0v) is 13.9. The molecule has 0 fully saturated rings. The highest BCUT2D eigenvalue weighted by atomic mass is 16.5. The number of benzene rings is 2. The summed E-state index contributed by atoms with van der Waals surface area (Å²) in [6, 6.07) is 10.5. The predicted molar refractivity (Wildman–Crippen MR) is 91.5 cm³/mol. The van der Waals surface area contributed by atoms with Gasteiger partial charge in [-0.25, -0.2) is 0 Å². The van der Waals surface area contributed by atoms with E-state index in [1.807, 2.05) is 26.0 Å². The Labute approximate surface area is 140 Å². The number of ether oxygens (including phenoxy) is 1. The molecule has 2 aromatic carbocycles. The van der Waals surface area contributed by atoms with Crippen LogP contribution >= 0.6 is 0 Å². The maximum Gasteiger partial charge on any atom is 0.315 e. The molecule has 3 rings (SSSR count). The van der Waals surface area contributed by atoms with Crippen molar-refractivity contribution in [3.63, 3.8) is 0 Å². The van der Waals surface area contributed by atoms with Gasteiger partial charge in [0.15, 0.2) is 5.78 Å². The van der Waals surface area contributed by atoms with Gasteiger partial charge >= 0.3 is 5.97 Å². The molecule has 122 valence electrons. The van der Waals surface area contributed by atoms with E-state index in [2.05, 4.69) is 0 Å². The Hall–Kier alpha value is -2.88. The maximum absolute atomic E-state index is 12.2. The molecule has 0 bridgehead atoms. The van der Waals surface area contributed by atoms with E-state index in [-0.39, 0.29) is 18.2 Å². The van der Waals surface area contributed by atoms with Crippen LogP contribution in [0.25, 0.3) is 11.0 Å². The van der Waals surface area contributed by atoms with Crippen molar-refractivity contribution in [2.45, 2.75) is 27.2 Å². The van der Waals surface area contributed by atoms with Crippen LogP contribution in [0.15, 0.2) is 47.1 Å². The van der Waals surface area contributed by atoms with Crippen LogP contribution in [-0.2, 0) is 11.2 Å². The fourth-order valence-corrected chi connectivity index (χ4v) is 2.55. The molecule has 1 heterocycles. The molecule has 0 aliphatic rings. The van der Waals surface area contributed by atoms with Gasteiger partial charge in [-0.15, -0.1) is 0 Å². The van der Waals surface area contributed by atoms with E-state index in [9.17, 15) is 9.59 Å². The normalized spacial score (nSPS) is 10.8. The molecule has 0 saturated carbocycles. The van der Waals surface area contributed by atoms with Gasteiger partial charge in [0.25, 0.3) is 0 Å². The number of carbonyl (C=O) groups is 2. The Bertz CT molecular complexity index is 917. The minimum Gasteiger partial charge on any atom is -0.464 e. The molecular formula is C20H18O4. The molecule has 0 amide bonds. The molecule has 0 aliphatic carbocycles. The average molecular weight is 322 g/mol. The van der Waals surface area contributed by atoms with Crippen molar-refractivity contribution in [2.75, 3.05) is 0 Å². The first-order chi connectivity index (χ1) is 11.4. The third-order valence-electron chi connectivity index (χ3n) is 4.10. The lowest BCUT2D eigenvalue weighted by Crippen LogP contribution is -2.11. The van der Waals surface area contributed by atoms with Crippen molar-refractivity contribution in [2.24, 2.45) is 0 Å². The molecule has 24 heavy (non-hydrogen) atoms. The van der Waals surface area contributed by atoms with E-state index in [1.165, 1.54) is 6.92 Å². The van der Waals surface area contributed by atoms with Crippen LogP contribution in [0, 0.1) is 13.8 Å². The minimum absolute atomic E-state index is 0.0246. The smallest absolute Gasteiger partial charge is 0.315 e. The number of hydrogen-bond donors (Lipinski definition) is 0. The average Bonchev–Trinajstić information content (AvgIpc) is 2.90. The Kier molecular flexibility index (Phi) is 4.21. The second-order valence-corrected chi connectivity index (χ2v) is 5.92. The van der Waals surface area contributed by atoms with Gasteiger partial charge in [-0.1, -0.05) is 0 Å². The molecule has 0 aliphatic heterocycles. The number of aryl methyl sites for hydroxylation is 2. The largest absolute Gasteiger partial charge is 0.464 e. The Balaban J connectivity index is 1.75. The molecular weight excluding hydrogens is 304 g/mol. The van der Waals surface area contributed by atoms with Gasteiger partial charge in [0, 0.05) is 16.5 Å². The molecule has 0 atom stereocenters. The van der Waals surface area contributed by atoms with E-state index in [0.29, 0.717) is 11.3 Å². The van der Waals surface area contributed by atoms with Crippen molar-refractivity contribution in [1.82, 2.24) is 0 Å². The van der Waals surface area contributed by atoms with Gasteiger partial charge in [0.2, 0.25) is 0 Å². The Morgan fingerprint density at radius 1 is 1.04 bits per heavy atom. The lowest BCUT2D eigenvalue weighted by atomic mass is 10.0. The molecule has 3 aromatic rings. The Morgan fingerprint density at radius 3 is 2.38 bits per heavy atom. The van der Waals surface area contributed by atoms with E-state index < -0.39 is 0 Å². The highest BCUT2D eigenvalue weighted by Crippen LogP contribution is 2.25. The number of fused-ring (bicyclic) bond motifs is 1. The number of Topliss-reactive ketones (excluding diaryl/α,β-unsaturated/α-hetero) is 1. The summed E-state index contributed by atoms with van der Waals surface area (Å²) in [7, 11) is 0. The highest BCUT2D eigenvalue weighted by molar-refractivity contribution is 5.94. The van der Waals surface area contributed by atoms with Gasteiger partial charge in [0.05, 0.1) is 12.7 Å². The molecule has 0 unspecified atom stereocenters. The summed E-state index contributed by atoms with van der Waals surface area (Å²) in [5.41, 5.74) is 4.46. The molecule has 0 saturated heterocycles. The third kappa shape index (κ3) is 3.23. The molecule has 0 N–H and O–H groups in total. The maximum atomic E-state index is 12.2. The topological polar surface area (TPSA) is 56.5 Å². The monoisotopic (exact) mass is 322 g/mol. The van der Waals surface area contributed by atoms with Crippen molar-refractivity contribution in [3.8, 4) is 5.75 Å². The first kappa shape index (κ1) is 16.0. The summed E-state index contributed by atoms with van der Waals surface area (Å²) >= 11 is 0. The summed E-state index contributed by atoms with van der Waals surface area (Å²) < 4.78 is 10.9. The molecule has 1 aromatic heterocycles. The van der Waals surface area contributed by atoms with Crippen LogP contribution in [0.1, 0.15) is 34.0 Å². The van der Waals surface area contributed by atoms with E-state index in [4.69, 9.17) is 9.15 Å². The SMILES string of the molecule is CC(=O)c1ccc(OC(=O)Cc2coc3cc(C)c(C)cc23)cc1. The lowest BCUT2D eigenvalue weighted by Gasteiger charge is -2.05. The standard InChI is InChI=1S/C20H18O4/c1-12-8-18-16(11-23-19(18)9-13(12)2)10-20(22)24-17-6-4-15(5-7-17)14(3)21/h4-9,11H,10H2,1-3H3. The zero-order chi connectivity index (χ0) is 17.3. The van der Waals surface area contributed by atoms with Crippen molar-refractivity contribution in [3.05, 3.63) is 64.9 Å². The fourth-order valence-electron chi connectivity index (χ4n) is 2.55. The number of carbonyl (C=O) groups excluding carboxylic acids is 2. The second-order valence-electron chi connectivity index (χ2n) is 5.92. The van der Waals surface area contributed by atoms with Crippen LogP contribution in [-0.4, -0.2) is 11.8 Å². The summed E-state index contributed by atoms with van der Waals surface area (Å²) in [6.07, 6.45) is 1.73. The van der Waals surface area contributed by atoms with Gasteiger partial charge in [-0.3, -0.25) is 9.59 Å². The van der Waals surface area contributed by atoms with Crippen LogP contribution in [0.5, 0.6) is 5.75 Å². The van der Waals surface area contributed by atoms with Crippen molar-refractivity contribution >= 4 is 22.7 Å². The number of ketones is 1. The number of esters is 1. The van der Waals surface area contributed by atoms with E-state index in [1.54, 1.807) is 30.5 Å². The van der Waals surface area contributed by atoms with Crippen LogP contribution in [0.4, 0.5) is 0 Å². The lowest BCUT2D eigenvalue weighted by molar-refractivity contribution is -0.133. The number of furan rings is 1. The molecule has 4 heteroatoms. The zero-order valence-electron chi connectivity index (χ0n) is 13.9. The Morgan fingerprint density at radius 2 is 1.71 bits per heavy atom. The highest BCUT2D eigenvalue weighted by Gasteiger charge is 2.13. The molecule has 0 spiro atoms. The quantitative estimate of drug-likeness (QED) is 0.406. The van der Waals surface area contributed by atoms with Gasteiger partial charge in [-0.05, 0) is 68.3 Å². The number of rotatable bonds is 4. The van der Waals surface area contributed by atoms with Gasteiger partial charge in [0.1, 0.15) is 11.3 Å². The summed E-state index contributed by atoms with van der Waals surface area (Å²) in [5, 5.41) is 0.932. The summed E-state index contributed by atoms with van der Waals surface area (Å²) in [5.74, 6) is 0.0275. The van der Waals surface area contributed by atoms with Crippen molar-refractivity contribution in [1.29, 1.82) is 0 Å². The van der Waals surface area contributed by atoms with Crippen molar-refractivity contribution < 1.29 is 18.7 Å². The molecule has 0 radical (unpaired) electrons.